The number of benzene rings is 1. The fourth-order valence-corrected chi connectivity index (χ4v) is 2.96. The Balaban J connectivity index is 2.20. The van der Waals surface area contributed by atoms with Crippen molar-refractivity contribution >= 4 is 21.9 Å². The van der Waals surface area contributed by atoms with Crippen LogP contribution in [-0.2, 0) is 6.54 Å². The van der Waals surface area contributed by atoms with Crippen molar-refractivity contribution in [2.24, 2.45) is 0 Å². The Kier molecular flexibility index (Phi) is 5.11. The maximum atomic E-state index is 12.3. The van der Waals surface area contributed by atoms with E-state index in [0.717, 1.165) is 21.1 Å². The van der Waals surface area contributed by atoms with Gasteiger partial charge in [-0.1, -0.05) is 0 Å². The SMILES string of the molecule is Cc1cc2cc3c(=O)[nH]c(=O)n(C[C@H](O)[C@H](O)[C@@H](O)CO)c3nc2cc1C. The van der Waals surface area contributed by atoms with Crippen molar-refractivity contribution in [3.05, 3.63) is 50.2 Å². The largest absolute Gasteiger partial charge is 0.394 e. The second-order valence-corrected chi connectivity index (χ2v) is 6.67. The van der Waals surface area contributed by atoms with Crippen LogP contribution in [0.1, 0.15) is 11.1 Å². The number of fused-ring (bicyclic) bond motifs is 2. The summed E-state index contributed by atoms with van der Waals surface area (Å²) in [5.74, 6) is 0. The first-order chi connectivity index (χ1) is 12.7. The Morgan fingerprint density at radius 2 is 1.74 bits per heavy atom. The van der Waals surface area contributed by atoms with Crippen LogP contribution in [0.5, 0.6) is 0 Å². The van der Waals surface area contributed by atoms with Crippen molar-refractivity contribution in [1.82, 2.24) is 14.5 Å². The van der Waals surface area contributed by atoms with Gasteiger partial charge in [-0.2, -0.15) is 0 Å². The molecule has 0 unspecified atom stereocenters. The Bertz CT molecular complexity index is 1120. The summed E-state index contributed by atoms with van der Waals surface area (Å²) >= 11 is 0. The molecule has 0 spiro atoms. The normalized spacial score (nSPS) is 15.2. The van der Waals surface area contributed by atoms with E-state index in [0.29, 0.717) is 5.52 Å². The standard InChI is InChI=1S/C18H21N3O6/c1-8-3-10-5-11-16(19-12(10)4-9(8)2)21(18(27)20-17(11)26)6-13(23)15(25)14(24)7-22/h3-5,13-15,22-25H,6-7H2,1-2H3,(H,20,26,27)/t13-,14-,15-/m0/s1. The van der Waals surface area contributed by atoms with Gasteiger partial charge in [-0.15, -0.1) is 0 Å². The number of rotatable bonds is 5. The minimum absolute atomic E-state index is 0.0595. The van der Waals surface area contributed by atoms with E-state index in [4.69, 9.17) is 5.11 Å². The maximum absolute atomic E-state index is 12.3. The highest BCUT2D eigenvalue weighted by molar-refractivity contribution is 5.91. The molecular formula is C18H21N3O6. The molecule has 5 N–H and O–H groups in total. The van der Waals surface area contributed by atoms with E-state index in [2.05, 4.69) is 9.97 Å². The molecule has 144 valence electrons. The second-order valence-electron chi connectivity index (χ2n) is 6.67. The molecule has 0 aliphatic heterocycles. The van der Waals surface area contributed by atoms with E-state index < -0.39 is 42.7 Å². The molecule has 0 radical (unpaired) electrons. The predicted molar refractivity (Wildman–Crippen MR) is 98.7 cm³/mol. The lowest BCUT2D eigenvalue weighted by Gasteiger charge is -2.22. The van der Waals surface area contributed by atoms with Crippen LogP contribution in [-0.4, -0.2) is 59.9 Å². The molecule has 0 saturated heterocycles. The zero-order valence-electron chi connectivity index (χ0n) is 14.9. The Morgan fingerprint density at radius 3 is 2.41 bits per heavy atom. The first-order valence-corrected chi connectivity index (χ1v) is 8.42. The fraction of sp³-hybridized carbons (Fsp3) is 0.389. The van der Waals surface area contributed by atoms with Gasteiger partial charge in [0.15, 0.2) is 0 Å². The lowest BCUT2D eigenvalue weighted by atomic mass is 10.1. The minimum atomic E-state index is -1.67. The predicted octanol–water partition coefficient (Wildman–Crippen LogP) is -1.07. The fourth-order valence-electron chi connectivity index (χ4n) is 2.96. The van der Waals surface area contributed by atoms with E-state index in [1.807, 2.05) is 26.0 Å². The Hall–Kier alpha value is -2.59. The molecule has 9 heteroatoms. The molecule has 3 atom stereocenters. The van der Waals surface area contributed by atoms with Crippen LogP contribution >= 0.6 is 0 Å². The topological polar surface area (TPSA) is 149 Å². The molecule has 0 saturated carbocycles. The van der Waals surface area contributed by atoms with Crippen molar-refractivity contribution < 1.29 is 20.4 Å². The van der Waals surface area contributed by atoms with Gasteiger partial charge in [0.1, 0.15) is 24.0 Å². The van der Waals surface area contributed by atoms with Crippen LogP contribution in [0, 0.1) is 13.8 Å². The lowest BCUT2D eigenvalue weighted by Crippen LogP contribution is -2.44. The van der Waals surface area contributed by atoms with Gasteiger partial charge in [0.2, 0.25) is 0 Å². The number of hydrogen-bond acceptors (Lipinski definition) is 7. The van der Waals surface area contributed by atoms with Crippen molar-refractivity contribution in [2.45, 2.75) is 38.7 Å². The first kappa shape index (κ1) is 19.2. The molecule has 0 aliphatic rings. The number of nitrogens with one attached hydrogen (secondary N) is 1. The zero-order chi connectivity index (χ0) is 19.9. The first-order valence-electron chi connectivity index (χ1n) is 8.42. The van der Waals surface area contributed by atoms with E-state index in [1.54, 1.807) is 6.07 Å². The van der Waals surface area contributed by atoms with Crippen molar-refractivity contribution in [1.29, 1.82) is 0 Å². The van der Waals surface area contributed by atoms with E-state index in [-0.39, 0.29) is 11.0 Å². The molecule has 9 nitrogen and oxygen atoms in total. The highest BCUT2D eigenvalue weighted by Gasteiger charge is 2.25. The number of aliphatic hydroxyl groups excluding tert-OH is 4. The number of H-pyrrole nitrogens is 1. The summed E-state index contributed by atoms with van der Waals surface area (Å²) in [6.07, 6.45) is -4.80. The third kappa shape index (κ3) is 3.50. The summed E-state index contributed by atoms with van der Waals surface area (Å²) in [6.45, 7) is 2.69. The van der Waals surface area contributed by atoms with E-state index >= 15 is 0 Å². The van der Waals surface area contributed by atoms with Crippen molar-refractivity contribution in [3.8, 4) is 0 Å². The van der Waals surface area contributed by atoms with Gasteiger partial charge in [0.05, 0.1) is 24.1 Å². The summed E-state index contributed by atoms with van der Waals surface area (Å²) in [5, 5.41) is 39.2. The number of pyridine rings is 1. The lowest BCUT2D eigenvalue weighted by molar-refractivity contribution is -0.0806. The van der Waals surface area contributed by atoms with Crippen LogP contribution < -0.4 is 11.2 Å². The third-order valence-corrected chi connectivity index (χ3v) is 4.72. The van der Waals surface area contributed by atoms with Gasteiger partial charge in [-0.3, -0.25) is 14.3 Å². The Morgan fingerprint density at radius 1 is 1.07 bits per heavy atom. The number of hydrogen-bond donors (Lipinski definition) is 5. The van der Waals surface area contributed by atoms with Crippen LogP contribution in [0.3, 0.4) is 0 Å². The molecule has 0 bridgehead atoms. The molecular weight excluding hydrogens is 354 g/mol. The van der Waals surface area contributed by atoms with Crippen LogP contribution in [0.25, 0.3) is 21.9 Å². The molecule has 27 heavy (non-hydrogen) atoms. The highest BCUT2D eigenvalue weighted by atomic mass is 16.4. The maximum Gasteiger partial charge on any atom is 0.330 e. The smallest absolute Gasteiger partial charge is 0.330 e. The third-order valence-electron chi connectivity index (χ3n) is 4.72. The summed E-state index contributed by atoms with van der Waals surface area (Å²) < 4.78 is 1.03. The molecule has 2 aromatic heterocycles. The molecule has 0 aliphatic carbocycles. The van der Waals surface area contributed by atoms with E-state index in [9.17, 15) is 24.9 Å². The number of aromatic nitrogens is 3. The molecule has 2 heterocycles. The van der Waals surface area contributed by atoms with Gasteiger partial charge in [0, 0.05) is 5.39 Å². The summed E-state index contributed by atoms with van der Waals surface area (Å²) in [7, 11) is 0. The number of aliphatic hydroxyl groups is 4. The summed E-state index contributed by atoms with van der Waals surface area (Å²) in [5.41, 5.74) is 1.26. The number of nitrogens with zero attached hydrogens (tertiary/aromatic N) is 2. The quantitative estimate of drug-likeness (QED) is 0.357. The monoisotopic (exact) mass is 375 g/mol. The van der Waals surface area contributed by atoms with Crippen molar-refractivity contribution in [2.75, 3.05) is 6.61 Å². The van der Waals surface area contributed by atoms with Crippen LogP contribution in [0.15, 0.2) is 27.8 Å². The molecule has 1 aromatic carbocycles. The molecule has 0 fully saturated rings. The van der Waals surface area contributed by atoms with Gasteiger partial charge in [-0.25, -0.2) is 9.78 Å². The van der Waals surface area contributed by atoms with E-state index in [1.165, 1.54) is 0 Å². The van der Waals surface area contributed by atoms with Crippen LogP contribution in [0.2, 0.25) is 0 Å². The highest BCUT2D eigenvalue weighted by Crippen LogP contribution is 2.21. The number of aryl methyl sites for hydroxylation is 2. The molecule has 3 aromatic rings. The summed E-state index contributed by atoms with van der Waals surface area (Å²) in [6, 6.07) is 5.34. The van der Waals surface area contributed by atoms with Crippen LogP contribution in [0.4, 0.5) is 0 Å². The van der Waals surface area contributed by atoms with Gasteiger partial charge < -0.3 is 20.4 Å². The Labute approximate surface area is 153 Å². The van der Waals surface area contributed by atoms with Crippen molar-refractivity contribution in [3.63, 3.8) is 0 Å². The second kappa shape index (κ2) is 7.20. The number of aromatic amines is 1. The summed E-state index contributed by atoms with van der Waals surface area (Å²) in [4.78, 5) is 31.1. The zero-order valence-corrected chi connectivity index (χ0v) is 14.9. The van der Waals surface area contributed by atoms with Gasteiger partial charge in [-0.05, 0) is 43.2 Å². The molecule has 0 amide bonds. The van der Waals surface area contributed by atoms with Gasteiger partial charge >= 0.3 is 5.69 Å². The average Bonchev–Trinajstić information content (AvgIpc) is 2.63. The minimum Gasteiger partial charge on any atom is -0.394 e. The van der Waals surface area contributed by atoms with Gasteiger partial charge in [0.25, 0.3) is 5.56 Å². The molecule has 3 rings (SSSR count). The average molecular weight is 375 g/mol.